The number of carbonyl (C=O) groups is 1. The Morgan fingerprint density at radius 2 is 2.00 bits per heavy atom. The molecule has 0 aromatic heterocycles. The van der Waals surface area contributed by atoms with Gasteiger partial charge < -0.3 is 5.11 Å². The lowest BCUT2D eigenvalue weighted by atomic mass is 9.89. The van der Waals surface area contributed by atoms with Gasteiger partial charge in [-0.25, -0.2) is 13.6 Å². The van der Waals surface area contributed by atoms with Crippen LogP contribution in [0.4, 0.5) is 8.78 Å². The molecule has 106 valence electrons. The molecule has 2 unspecified atom stereocenters. The number of carboxylic acid groups (broad SMARTS) is 1. The Kier molecular flexibility index (Phi) is 4.63. The lowest BCUT2D eigenvalue weighted by molar-refractivity contribution is -0.145. The zero-order chi connectivity index (χ0) is 14.8. The Morgan fingerprint density at radius 1 is 1.42 bits per heavy atom. The van der Waals surface area contributed by atoms with Crippen molar-refractivity contribution < 1.29 is 18.7 Å². The number of aliphatic carboxylic acids is 1. The number of aryl methyl sites for hydroxylation is 1. The molecule has 5 heteroatoms. The minimum atomic E-state index is -1.66. The van der Waals surface area contributed by atoms with Gasteiger partial charge in [-0.2, -0.15) is 0 Å². The van der Waals surface area contributed by atoms with E-state index in [4.69, 9.17) is 0 Å². The highest BCUT2D eigenvalue weighted by Gasteiger charge is 2.38. The quantitative estimate of drug-likeness (QED) is 0.865. The molecule has 1 aromatic carbocycles. The van der Waals surface area contributed by atoms with E-state index in [2.05, 4.69) is 5.32 Å². The van der Waals surface area contributed by atoms with Crippen LogP contribution in [-0.2, 0) is 10.3 Å². The first-order valence-corrected chi connectivity index (χ1v) is 6.19. The van der Waals surface area contributed by atoms with Crippen LogP contribution in [0.25, 0.3) is 0 Å². The second-order valence-electron chi connectivity index (χ2n) is 4.97. The summed E-state index contributed by atoms with van der Waals surface area (Å²) in [7, 11) is 0. The smallest absolute Gasteiger partial charge is 0.328 e. The lowest BCUT2D eigenvalue weighted by Gasteiger charge is -2.30. The van der Waals surface area contributed by atoms with Gasteiger partial charge in [-0.3, -0.25) is 5.32 Å². The highest BCUT2D eigenvalue weighted by Crippen LogP contribution is 2.27. The first-order chi connectivity index (χ1) is 8.72. The normalized spacial score (nSPS) is 15.9. The third-order valence-electron chi connectivity index (χ3n) is 3.36. The molecule has 0 heterocycles. The van der Waals surface area contributed by atoms with Gasteiger partial charge in [-0.1, -0.05) is 6.92 Å². The summed E-state index contributed by atoms with van der Waals surface area (Å²) in [5.41, 5.74) is -1.70. The maximum absolute atomic E-state index is 14.0. The average molecular weight is 271 g/mol. The van der Waals surface area contributed by atoms with Crippen molar-refractivity contribution >= 4 is 5.97 Å². The van der Waals surface area contributed by atoms with E-state index in [9.17, 15) is 18.7 Å². The number of hydrogen-bond donors (Lipinski definition) is 2. The molecule has 2 atom stereocenters. The molecule has 0 aliphatic rings. The summed E-state index contributed by atoms with van der Waals surface area (Å²) in [5.74, 6) is -2.58. The second kappa shape index (κ2) is 5.65. The van der Waals surface area contributed by atoms with Crippen LogP contribution < -0.4 is 5.32 Å². The van der Waals surface area contributed by atoms with E-state index < -0.39 is 23.1 Å². The van der Waals surface area contributed by atoms with Crippen LogP contribution in [-0.4, -0.2) is 17.1 Å². The topological polar surface area (TPSA) is 49.3 Å². The van der Waals surface area contributed by atoms with Crippen LogP contribution in [0.2, 0.25) is 0 Å². The molecular formula is C14H19F2NO2. The standard InChI is InChI=1S/C14H19F2NO2/c1-5-9(3)17-14(4,13(18)19)10-7-11(15)8(2)6-12(10)16/h6-7,9,17H,5H2,1-4H3,(H,18,19). The Labute approximate surface area is 111 Å². The summed E-state index contributed by atoms with van der Waals surface area (Å²) < 4.78 is 27.6. The predicted molar refractivity (Wildman–Crippen MR) is 69.0 cm³/mol. The summed E-state index contributed by atoms with van der Waals surface area (Å²) in [6.07, 6.45) is 0.679. The Bertz CT molecular complexity index is 491. The molecule has 0 aliphatic heterocycles. The van der Waals surface area contributed by atoms with E-state index in [-0.39, 0.29) is 17.2 Å². The number of carboxylic acids is 1. The van der Waals surface area contributed by atoms with Crippen molar-refractivity contribution in [1.82, 2.24) is 5.32 Å². The van der Waals surface area contributed by atoms with Gasteiger partial charge in [0.15, 0.2) is 0 Å². The third kappa shape index (κ3) is 3.10. The molecule has 3 nitrogen and oxygen atoms in total. The maximum Gasteiger partial charge on any atom is 0.328 e. The molecular weight excluding hydrogens is 252 g/mol. The van der Waals surface area contributed by atoms with Crippen LogP contribution in [0, 0.1) is 18.6 Å². The first kappa shape index (κ1) is 15.6. The third-order valence-corrected chi connectivity index (χ3v) is 3.36. The molecule has 0 saturated heterocycles. The van der Waals surface area contributed by atoms with Gasteiger partial charge in [0.05, 0.1) is 0 Å². The zero-order valence-electron chi connectivity index (χ0n) is 11.6. The summed E-state index contributed by atoms with van der Waals surface area (Å²) in [6.45, 7) is 6.45. The van der Waals surface area contributed by atoms with Gasteiger partial charge in [0.2, 0.25) is 0 Å². The Hall–Kier alpha value is -1.49. The van der Waals surface area contributed by atoms with Crippen LogP contribution in [0.5, 0.6) is 0 Å². The minimum Gasteiger partial charge on any atom is -0.480 e. The van der Waals surface area contributed by atoms with Gasteiger partial charge in [-0.15, -0.1) is 0 Å². The van der Waals surface area contributed by atoms with Crippen molar-refractivity contribution in [2.24, 2.45) is 0 Å². The lowest BCUT2D eigenvalue weighted by Crippen LogP contribution is -2.51. The molecule has 0 fully saturated rings. The average Bonchev–Trinajstić information content (AvgIpc) is 2.33. The van der Waals surface area contributed by atoms with Crippen molar-refractivity contribution in [1.29, 1.82) is 0 Å². The largest absolute Gasteiger partial charge is 0.480 e. The van der Waals surface area contributed by atoms with Crippen molar-refractivity contribution in [2.45, 2.75) is 45.7 Å². The highest BCUT2D eigenvalue weighted by molar-refractivity contribution is 5.80. The van der Waals surface area contributed by atoms with Crippen LogP contribution in [0.3, 0.4) is 0 Å². The van der Waals surface area contributed by atoms with E-state index in [0.717, 1.165) is 12.1 Å². The molecule has 0 aliphatic carbocycles. The van der Waals surface area contributed by atoms with Gasteiger partial charge in [-0.05, 0) is 44.9 Å². The molecule has 2 N–H and O–H groups in total. The van der Waals surface area contributed by atoms with Crippen molar-refractivity contribution in [3.05, 3.63) is 34.9 Å². The summed E-state index contributed by atoms with van der Waals surface area (Å²) in [4.78, 5) is 11.5. The number of hydrogen-bond acceptors (Lipinski definition) is 2. The fourth-order valence-corrected chi connectivity index (χ4v) is 1.88. The Balaban J connectivity index is 3.34. The van der Waals surface area contributed by atoms with Crippen molar-refractivity contribution in [3.8, 4) is 0 Å². The van der Waals surface area contributed by atoms with Gasteiger partial charge in [0.25, 0.3) is 0 Å². The SMILES string of the molecule is CCC(C)NC(C)(C(=O)O)c1cc(F)c(C)cc1F. The van der Waals surface area contributed by atoms with E-state index in [1.807, 2.05) is 6.92 Å². The second-order valence-corrected chi connectivity index (χ2v) is 4.97. The van der Waals surface area contributed by atoms with E-state index >= 15 is 0 Å². The molecule has 0 radical (unpaired) electrons. The van der Waals surface area contributed by atoms with E-state index in [1.165, 1.54) is 13.8 Å². The molecule has 0 bridgehead atoms. The number of rotatable bonds is 5. The van der Waals surface area contributed by atoms with Crippen molar-refractivity contribution in [3.63, 3.8) is 0 Å². The summed E-state index contributed by atoms with van der Waals surface area (Å²) in [5, 5.41) is 12.2. The molecule has 1 aromatic rings. The van der Waals surface area contributed by atoms with Gasteiger partial charge >= 0.3 is 5.97 Å². The Morgan fingerprint density at radius 3 is 2.47 bits per heavy atom. The minimum absolute atomic E-state index is 0.134. The number of nitrogens with one attached hydrogen (secondary N) is 1. The summed E-state index contributed by atoms with van der Waals surface area (Å²) >= 11 is 0. The highest BCUT2D eigenvalue weighted by atomic mass is 19.1. The fourth-order valence-electron chi connectivity index (χ4n) is 1.88. The predicted octanol–water partition coefficient (Wildman–Crippen LogP) is 2.96. The number of halogens is 2. The molecule has 19 heavy (non-hydrogen) atoms. The maximum atomic E-state index is 14.0. The van der Waals surface area contributed by atoms with Gasteiger partial charge in [0, 0.05) is 11.6 Å². The monoisotopic (exact) mass is 271 g/mol. The molecule has 0 amide bonds. The molecule has 1 rings (SSSR count). The molecule has 0 saturated carbocycles. The van der Waals surface area contributed by atoms with E-state index in [0.29, 0.717) is 6.42 Å². The van der Waals surface area contributed by atoms with Gasteiger partial charge in [0.1, 0.15) is 17.2 Å². The first-order valence-electron chi connectivity index (χ1n) is 6.19. The van der Waals surface area contributed by atoms with Crippen molar-refractivity contribution in [2.75, 3.05) is 0 Å². The zero-order valence-corrected chi connectivity index (χ0v) is 11.6. The van der Waals surface area contributed by atoms with E-state index in [1.54, 1.807) is 6.92 Å². The fraction of sp³-hybridized carbons (Fsp3) is 0.500. The van der Waals surface area contributed by atoms with Crippen LogP contribution in [0.1, 0.15) is 38.3 Å². The molecule has 0 spiro atoms. The number of benzene rings is 1. The van der Waals surface area contributed by atoms with Crippen LogP contribution in [0.15, 0.2) is 12.1 Å². The van der Waals surface area contributed by atoms with Crippen LogP contribution >= 0.6 is 0 Å². The summed E-state index contributed by atoms with van der Waals surface area (Å²) in [6, 6.07) is 1.84.